The highest BCUT2D eigenvalue weighted by Gasteiger charge is 2.24. The van der Waals surface area contributed by atoms with Crippen LogP contribution < -0.4 is 5.73 Å². The average molecular weight is 290 g/mol. The van der Waals surface area contributed by atoms with Crippen molar-refractivity contribution in [1.82, 2.24) is 0 Å². The number of benzene rings is 1. The molecule has 0 unspecified atom stereocenters. The SMILES string of the molecule is CCc1ccccc1C(N)(CC)CC.Cl.OCCO. The van der Waals surface area contributed by atoms with Crippen LogP contribution in [-0.2, 0) is 12.0 Å². The fourth-order valence-electron chi connectivity index (χ4n) is 1.95. The van der Waals surface area contributed by atoms with E-state index in [-0.39, 0.29) is 31.2 Å². The average Bonchev–Trinajstić information content (AvgIpc) is 2.46. The molecule has 0 spiro atoms. The second-order valence-electron chi connectivity index (χ2n) is 4.32. The van der Waals surface area contributed by atoms with Crippen LogP contribution in [0.3, 0.4) is 0 Å². The van der Waals surface area contributed by atoms with E-state index < -0.39 is 0 Å². The highest BCUT2D eigenvalue weighted by molar-refractivity contribution is 5.85. The van der Waals surface area contributed by atoms with Crippen LogP contribution in [-0.4, -0.2) is 23.4 Å². The summed E-state index contributed by atoms with van der Waals surface area (Å²) in [5, 5.41) is 15.2. The summed E-state index contributed by atoms with van der Waals surface area (Å²) in [4.78, 5) is 0. The van der Waals surface area contributed by atoms with Crippen molar-refractivity contribution in [3.63, 3.8) is 0 Å². The fraction of sp³-hybridized carbons (Fsp3) is 0.600. The second kappa shape index (κ2) is 11.2. The quantitative estimate of drug-likeness (QED) is 0.781. The Morgan fingerprint density at radius 2 is 1.47 bits per heavy atom. The van der Waals surface area contributed by atoms with Gasteiger partial charge in [-0.15, -0.1) is 12.4 Å². The number of rotatable bonds is 5. The number of halogens is 1. The first kappa shape index (κ1) is 20.7. The molecule has 0 aliphatic rings. The van der Waals surface area contributed by atoms with Crippen LogP contribution in [0.2, 0.25) is 0 Å². The molecule has 0 radical (unpaired) electrons. The molecule has 1 aromatic rings. The van der Waals surface area contributed by atoms with Crippen LogP contribution in [0.25, 0.3) is 0 Å². The van der Waals surface area contributed by atoms with Gasteiger partial charge in [-0.2, -0.15) is 0 Å². The zero-order valence-corrected chi connectivity index (χ0v) is 13.0. The molecule has 1 rings (SSSR count). The number of aliphatic hydroxyl groups excluding tert-OH is 2. The minimum Gasteiger partial charge on any atom is -0.394 e. The Morgan fingerprint density at radius 3 is 1.84 bits per heavy atom. The lowest BCUT2D eigenvalue weighted by Crippen LogP contribution is -2.36. The summed E-state index contributed by atoms with van der Waals surface area (Å²) < 4.78 is 0. The normalized spacial score (nSPS) is 10.2. The van der Waals surface area contributed by atoms with Gasteiger partial charge in [0.1, 0.15) is 0 Å². The Morgan fingerprint density at radius 1 is 1.00 bits per heavy atom. The summed E-state index contributed by atoms with van der Waals surface area (Å²) in [7, 11) is 0. The molecule has 112 valence electrons. The molecule has 19 heavy (non-hydrogen) atoms. The molecule has 0 aliphatic carbocycles. The van der Waals surface area contributed by atoms with Gasteiger partial charge in [0.15, 0.2) is 0 Å². The second-order valence-corrected chi connectivity index (χ2v) is 4.32. The van der Waals surface area contributed by atoms with Gasteiger partial charge in [-0.3, -0.25) is 0 Å². The monoisotopic (exact) mass is 289 g/mol. The zero-order chi connectivity index (χ0) is 14.0. The number of aryl methyl sites for hydroxylation is 1. The van der Waals surface area contributed by atoms with Crippen LogP contribution in [0, 0.1) is 0 Å². The van der Waals surface area contributed by atoms with Gasteiger partial charge in [0.2, 0.25) is 0 Å². The molecule has 0 saturated heterocycles. The van der Waals surface area contributed by atoms with E-state index in [1.54, 1.807) is 0 Å². The van der Waals surface area contributed by atoms with Crippen molar-refractivity contribution >= 4 is 12.4 Å². The molecule has 3 nitrogen and oxygen atoms in total. The van der Waals surface area contributed by atoms with E-state index in [0.29, 0.717) is 0 Å². The minimum absolute atomic E-state index is 0. The summed E-state index contributed by atoms with van der Waals surface area (Å²) in [5.74, 6) is 0. The molecule has 4 heteroatoms. The molecule has 1 aromatic carbocycles. The van der Waals surface area contributed by atoms with Gasteiger partial charge in [-0.25, -0.2) is 0 Å². The summed E-state index contributed by atoms with van der Waals surface area (Å²) in [6, 6.07) is 8.53. The number of nitrogens with two attached hydrogens (primary N) is 1. The highest BCUT2D eigenvalue weighted by Crippen LogP contribution is 2.28. The van der Waals surface area contributed by atoms with Crippen molar-refractivity contribution < 1.29 is 10.2 Å². The maximum atomic E-state index is 7.62. The van der Waals surface area contributed by atoms with E-state index in [1.165, 1.54) is 11.1 Å². The van der Waals surface area contributed by atoms with Crippen molar-refractivity contribution in [2.75, 3.05) is 13.2 Å². The molecular weight excluding hydrogens is 262 g/mol. The molecular formula is C15H28ClNO2. The molecule has 0 amide bonds. The summed E-state index contributed by atoms with van der Waals surface area (Å²) >= 11 is 0. The third-order valence-electron chi connectivity index (χ3n) is 3.30. The third kappa shape index (κ3) is 6.39. The van der Waals surface area contributed by atoms with E-state index >= 15 is 0 Å². The standard InChI is InChI=1S/C13H21N.C2H6O2.ClH/c1-4-11-9-7-8-10-12(11)13(14,5-2)6-3;3-1-2-4;/h7-10H,4-6,14H2,1-3H3;3-4H,1-2H2;1H. The van der Waals surface area contributed by atoms with E-state index in [0.717, 1.165) is 19.3 Å². The van der Waals surface area contributed by atoms with E-state index in [2.05, 4.69) is 45.0 Å². The predicted octanol–water partition coefficient (Wildman–Crippen LogP) is 2.62. The molecule has 0 aliphatic heterocycles. The first-order valence-electron chi connectivity index (χ1n) is 6.68. The smallest absolute Gasteiger partial charge is 0.0662 e. The number of aliphatic hydroxyl groups is 2. The fourth-order valence-corrected chi connectivity index (χ4v) is 1.95. The number of hydrogen-bond acceptors (Lipinski definition) is 3. The molecule has 0 fully saturated rings. The van der Waals surface area contributed by atoms with Crippen LogP contribution in [0.4, 0.5) is 0 Å². The van der Waals surface area contributed by atoms with Gasteiger partial charge >= 0.3 is 0 Å². The van der Waals surface area contributed by atoms with Crippen LogP contribution in [0.15, 0.2) is 24.3 Å². The Labute approximate surface area is 123 Å². The van der Waals surface area contributed by atoms with Crippen molar-refractivity contribution in [3.8, 4) is 0 Å². The summed E-state index contributed by atoms with van der Waals surface area (Å²) in [6.07, 6.45) is 3.07. The minimum atomic E-state index is -0.132. The van der Waals surface area contributed by atoms with Crippen molar-refractivity contribution in [1.29, 1.82) is 0 Å². The largest absolute Gasteiger partial charge is 0.394 e. The molecule has 0 heterocycles. The van der Waals surface area contributed by atoms with E-state index in [9.17, 15) is 0 Å². The lowest BCUT2D eigenvalue weighted by atomic mass is 9.82. The first-order chi connectivity index (χ1) is 8.59. The molecule has 0 atom stereocenters. The van der Waals surface area contributed by atoms with Crippen LogP contribution in [0.1, 0.15) is 44.7 Å². The maximum Gasteiger partial charge on any atom is 0.0662 e. The predicted molar refractivity (Wildman–Crippen MR) is 83.7 cm³/mol. The van der Waals surface area contributed by atoms with Gasteiger partial charge in [-0.1, -0.05) is 45.0 Å². The first-order valence-corrected chi connectivity index (χ1v) is 6.68. The Hall–Kier alpha value is -0.610. The highest BCUT2D eigenvalue weighted by atomic mass is 35.5. The summed E-state index contributed by atoms with van der Waals surface area (Å²) in [6.45, 7) is 6.26. The Bertz CT molecular complexity index is 326. The van der Waals surface area contributed by atoms with Gasteiger partial charge in [0.05, 0.1) is 13.2 Å². The zero-order valence-electron chi connectivity index (χ0n) is 12.2. The lowest BCUT2D eigenvalue weighted by molar-refractivity contribution is 0.186. The molecule has 0 bridgehead atoms. The van der Waals surface area contributed by atoms with E-state index in [4.69, 9.17) is 15.9 Å². The third-order valence-corrected chi connectivity index (χ3v) is 3.30. The van der Waals surface area contributed by atoms with Crippen LogP contribution in [0.5, 0.6) is 0 Å². The van der Waals surface area contributed by atoms with E-state index in [1.807, 2.05) is 0 Å². The Kier molecular flexibility index (Phi) is 12.2. The van der Waals surface area contributed by atoms with Crippen molar-refractivity contribution in [2.45, 2.75) is 45.6 Å². The topological polar surface area (TPSA) is 66.5 Å². The van der Waals surface area contributed by atoms with Gasteiger partial charge < -0.3 is 15.9 Å². The van der Waals surface area contributed by atoms with Gasteiger partial charge in [0.25, 0.3) is 0 Å². The van der Waals surface area contributed by atoms with Gasteiger partial charge in [0, 0.05) is 5.54 Å². The van der Waals surface area contributed by atoms with Crippen LogP contribution >= 0.6 is 12.4 Å². The van der Waals surface area contributed by atoms with Gasteiger partial charge in [-0.05, 0) is 30.4 Å². The lowest BCUT2D eigenvalue weighted by Gasteiger charge is -2.29. The Balaban J connectivity index is 0. The van der Waals surface area contributed by atoms with Crippen molar-refractivity contribution in [2.24, 2.45) is 5.73 Å². The molecule has 0 saturated carbocycles. The maximum absolute atomic E-state index is 7.62. The summed E-state index contributed by atoms with van der Waals surface area (Å²) in [5.41, 5.74) is 8.98. The van der Waals surface area contributed by atoms with Crippen molar-refractivity contribution in [3.05, 3.63) is 35.4 Å². The molecule has 4 N–H and O–H groups in total. The number of hydrogen-bond donors (Lipinski definition) is 3. The molecule has 0 aromatic heterocycles.